The van der Waals surface area contributed by atoms with Crippen LogP contribution in [0.5, 0.6) is 17.2 Å². The van der Waals surface area contributed by atoms with Crippen molar-refractivity contribution < 1.29 is 14.9 Å². The van der Waals surface area contributed by atoms with Crippen molar-refractivity contribution in [1.29, 1.82) is 0 Å². The lowest BCUT2D eigenvalue weighted by molar-refractivity contribution is 0.217. The van der Waals surface area contributed by atoms with E-state index < -0.39 is 0 Å². The van der Waals surface area contributed by atoms with Gasteiger partial charge in [0, 0.05) is 43.2 Å². The Morgan fingerprint density at radius 1 is 1.04 bits per heavy atom. The molecule has 1 atom stereocenters. The first-order chi connectivity index (χ1) is 13.2. The number of nitrogens with zero attached hydrogens (tertiary/aromatic N) is 2. The molecule has 2 aromatic carbocycles. The molecule has 0 radical (unpaired) electrons. The monoisotopic (exact) mass is 364 g/mol. The Hall–Kier alpha value is -2.92. The first-order valence-electron chi connectivity index (χ1n) is 9.19. The largest absolute Gasteiger partial charge is 0.508 e. The zero-order valence-electron chi connectivity index (χ0n) is 15.4. The van der Waals surface area contributed by atoms with Crippen LogP contribution < -0.4 is 4.74 Å². The Morgan fingerprint density at radius 2 is 1.93 bits per heavy atom. The molecule has 2 heterocycles. The van der Waals surface area contributed by atoms with Crippen molar-refractivity contribution in [3.8, 4) is 17.2 Å². The minimum Gasteiger partial charge on any atom is -0.508 e. The third-order valence-electron chi connectivity index (χ3n) is 5.21. The van der Waals surface area contributed by atoms with Crippen molar-refractivity contribution in [2.75, 3.05) is 13.7 Å². The Bertz CT molecular complexity index is 935. The van der Waals surface area contributed by atoms with Crippen LogP contribution in [0.3, 0.4) is 0 Å². The first kappa shape index (κ1) is 17.5. The number of fused-ring (bicyclic) bond motifs is 1. The molecule has 1 aromatic heterocycles. The zero-order valence-corrected chi connectivity index (χ0v) is 15.4. The van der Waals surface area contributed by atoms with E-state index in [1.807, 2.05) is 12.1 Å². The average Bonchev–Trinajstić information content (AvgIpc) is 3.05. The van der Waals surface area contributed by atoms with Gasteiger partial charge in [-0.25, -0.2) is 0 Å². The Labute approximate surface area is 159 Å². The summed E-state index contributed by atoms with van der Waals surface area (Å²) in [5.74, 6) is 1.03. The van der Waals surface area contributed by atoms with Gasteiger partial charge in [0.05, 0.1) is 13.2 Å². The van der Waals surface area contributed by atoms with Gasteiger partial charge in [-0.2, -0.15) is 0 Å². The second kappa shape index (κ2) is 7.37. The predicted molar refractivity (Wildman–Crippen MR) is 104 cm³/mol. The highest BCUT2D eigenvalue weighted by Crippen LogP contribution is 2.35. The van der Waals surface area contributed by atoms with Gasteiger partial charge in [0.25, 0.3) is 0 Å². The van der Waals surface area contributed by atoms with Gasteiger partial charge in [-0.1, -0.05) is 18.2 Å². The first-order valence-corrected chi connectivity index (χ1v) is 9.19. The van der Waals surface area contributed by atoms with E-state index in [0.29, 0.717) is 6.54 Å². The molecule has 0 bridgehead atoms. The standard InChI is InChI=1S/C22H24N2O3/c1-27-19-6-2-5-16(13-19)22-20-7-3-10-23(20)11-4-12-24(22)15-17-8-9-18(25)14-21(17)26/h2-3,5-10,13-14,22,25-26H,4,11-12,15H2,1H3. The number of rotatable bonds is 4. The maximum absolute atomic E-state index is 10.3. The molecule has 5 nitrogen and oxygen atoms in total. The van der Waals surface area contributed by atoms with Gasteiger partial charge < -0.3 is 19.5 Å². The van der Waals surface area contributed by atoms with Gasteiger partial charge in [-0.3, -0.25) is 4.90 Å². The predicted octanol–water partition coefficient (Wildman–Crippen LogP) is 3.90. The minimum atomic E-state index is 0.0609. The molecule has 1 aliphatic heterocycles. The molecular formula is C22H24N2O3. The molecule has 0 fully saturated rings. The Morgan fingerprint density at radius 3 is 2.74 bits per heavy atom. The van der Waals surface area contributed by atoms with Crippen LogP contribution in [0.2, 0.25) is 0 Å². The number of aromatic hydroxyl groups is 2. The number of aromatic nitrogens is 1. The number of phenolic OH excluding ortho intramolecular Hbond substituents is 2. The average molecular weight is 364 g/mol. The van der Waals surface area contributed by atoms with Crippen LogP contribution >= 0.6 is 0 Å². The van der Waals surface area contributed by atoms with E-state index >= 15 is 0 Å². The maximum atomic E-state index is 10.3. The number of benzene rings is 2. The summed E-state index contributed by atoms with van der Waals surface area (Å²) in [5, 5.41) is 19.9. The molecule has 3 aromatic rings. The van der Waals surface area contributed by atoms with Crippen LogP contribution in [-0.4, -0.2) is 33.3 Å². The normalized spacial score (nSPS) is 17.3. The quantitative estimate of drug-likeness (QED) is 0.737. The van der Waals surface area contributed by atoms with Gasteiger partial charge in [0.1, 0.15) is 17.2 Å². The van der Waals surface area contributed by atoms with Crippen molar-refractivity contribution in [2.45, 2.75) is 25.6 Å². The number of aryl methyl sites for hydroxylation is 1. The third kappa shape index (κ3) is 3.51. The van der Waals surface area contributed by atoms with Gasteiger partial charge in [-0.05, 0) is 42.3 Å². The Balaban J connectivity index is 1.75. The van der Waals surface area contributed by atoms with E-state index in [1.165, 1.54) is 11.8 Å². The zero-order chi connectivity index (χ0) is 18.8. The summed E-state index contributed by atoms with van der Waals surface area (Å²) in [6.45, 7) is 2.48. The molecule has 140 valence electrons. The summed E-state index contributed by atoms with van der Waals surface area (Å²) in [4.78, 5) is 2.37. The van der Waals surface area contributed by atoms with Crippen molar-refractivity contribution in [3.05, 3.63) is 77.6 Å². The lowest BCUT2D eigenvalue weighted by Crippen LogP contribution is -2.29. The van der Waals surface area contributed by atoms with Gasteiger partial charge in [0.2, 0.25) is 0 Å². The summed E-state index contributed by atoms with van der Waals surface area (Å²) in [7, 11) is 1.68. The fourth-order valence-electron chi connectivity index (χ4n) is 3.91. The van der Waals surface area contributed by atoms with Crippen LogP contribution in [0.4, 0.5) is 0 Å². The van der Waals surface area contributed by atoms with Gasteiger partial charge in [0.15, 0.2) is 0 Å². The minimum absolute atomic E-state index is 0.0609. The third-order valence-corrected chi connectivity index (χ3v) is 5.21. The van der Waals surface area contributed by atoms with E-state index in [9.17, 15) is 10.2 Å². The molecule has 0 amide bonds. The maximum Gasteiger partial charge on any atom is 0.123 e. The molecule has 0 saturated carbocycles. The van der Waals surface area contributed by atoms with Crippen LogP contribution in [-0.2, 0) is 13.1 Å². The number of hydrogen-bond acceptors (Lipinski definition) is 4. The highest BCUT2D eigenvalue weighted by molar-refractivity contribution is 5.40. The molecule has 27 heavy (non-hydrogen) atoms. The second-order valence-corrected chi connectivity index (χ2v) is 6.94. The molecule has 0 aliphatic carbocycles. The summed E-state index contributed by atoms with van der Waals surface area (Å²) in [6, 6.07) is 17.3. The fourth-order valence-corrected chi connectivity index (χ4v) is 3.91. The van der Waals surface area contributed by atoms with Crippen LogP contribution in [0, 0.1) is 0 Å². The number of phenols is 2. The highest BCUT2D eigenvalue weighted by Gasteiger charge is 2.28. The van der Waals surface area contributed by atoms with E-state index in [-0.39, 0.29) is 17.5 Å². The number of methoxy groups -OCH3 is 1. The number of ether oxygens (including phenoxy) is 1. The van der Waals surface area contributed by atoms with E-state index in [2.05, 4.69) is 39.9 Å². The van der Waals surface area contributed by atoms with Crippen molar-refractivity contribution in [3.63, 3.8) is 0 Å². The number of hydrogen-bond donors (Lipinski definition) is 2. The molecule has 0 spiro atoms. The van der Waals surface area contributed by atoms with E-state index in [1.54, 1.807) is 19.2 Å². The molecule has 1 unspecified atom stereocenters. The lowest BCUT2D eigenvalue weighted by atomic mass is 10.0. The molecule has 2 N–H and O–H groups in total. The SMILES string of the molecule is COc1cccc(C2c3cccn3CCCN2Cc2ccc(O)cc2O)c1. The molecule has 0 saturated heterocycles. The molecule has 4 rings (SSSR count). The van der Waals surface area contributed by atoms with Gasteiger partial charge >= 0.3 is 0 Å². The van der Waals surface area contributed by atoms with Gasteiger partial charge in [-0.15, -0.1) is 0 Å². The fraction of sp³-hybridized carbons (Fsp3) is 0.273. The molecule has 5 heteroatoms. The van der Waals surface area contributed by atoms with E-state index in [0.717, 1.165) is 36.4 Å². The molecule has 1 aliphatic rings. The summed E-state index contributed by atoms with van der Waals surface area (Å²) < 4.78 is 7.75. The summed E-state index contributed by atoms with van der Waals surface area (Å²) in [5.41, 5.74) is 3.20. The van der Waals surface area contributed by atoms with Crippen LogP contribution in [0.1, 0.15) is 29.3 Å². The van der Waals surface area contributed by atoms with Crippen molar-refractivity contribution in [2.24, 2.45) is 0 Å². The van der Waals surface area contributed by atoms with E-state index in [4.69, 9.17) is 4.74 Å². The van der Waals surface area contributed by atoms with Crippen molar-refractivity contribution in [1.82, 2.24) is 9.47 Å². The summed E-state index contributed by atoms with van der Waals surface area (Å²) >= 11 is 0. The van der Waals surface area contributed by atoms with Crippen LogP contribution in [0.15, 0.2) is 60.8 Å². The smallest absolute Gasteiger partial charge is 0.123 e. The topological polar surface area (TPSA) is 57.9 Å². The van der Waals surface area contributed by atoms with Crippen molar-refractivity contribution >= 4 is 0 Å². The highest BCUT2D eigenvalue weighted by atomic mass is 16.5. The van der Waals surface area contributed by atoms with Crippen LogP contribution in [0.25, 0.3) is 0 Å². The second-order valence-electron chi connectivity index (χ2n) is 6.94. The summed E-state index contributed by atoms with van der Waals surface area (Å²) in [6.07, 6.45) is 3.16. The Kier molecular flexibility index (Phi) is 4.77. The lowest BCUT2D eigenvalue weighted by Gasteiger charge is -2.31. The molecular weight excluding hydrogens is 340 g/mol.